The Morgan fingerprint density at radius 1 is 1.02 bits per heavy atom. The van der Waals surface area contributed by atoms with Crippen molar-refractivity contribution in [3.63, 3.8) is 0 Å². The molecule has 0 spiro atoms. The molecule has 8 heteroatoms. The van der Waals surface area contributed by atoms with E-state index in [2.05, 4.69) is 59.4 Å². The van der Waals surface area contributed by atoms with Crippen molar-refractivity contribution in [3.8, 4) is 5.75 Å². The smallest absolute Gasteiger partial charge is 0.362 e. The zero-order valence-corrected chi connectivity index (χ0v) is 30.5. The van der Waals surface area contributed by atoms with E-state index in [0.717, 1.165) is 18.6 Å². The summed E-state index contributed by atoms with van der Waals surface area (Å²) in [5, 5.41) is 10.2. The van der Waals surface area contributed by atoms with Crippen LogP contribution in [0.25, 0.3) is 0 Å². The maximum atomic E-state index is 12.9. The number of rotatable bonds is 14. The van der Waals surface area contributed by atoms with Gasteiger partial charge in [-0.05, 0) is 98.2 Å². The Kier molecular flexibility index (Phi) is 12.6. The number of ketones is 1. The molecule has 1 aromatic carbocycles. The van der Waals surface area contributed by atoms with Gasteiger partial charge in [0.05, 0.1) is 6.61 Å². The molecule has 0 bridgehead atoms. The van der Waals surface area contributed by atoms with E-state index < -0.39 is 28.4 Å². The third-order valence-electron chi connectivity index (χ3n) is 9.34. The lowest BCUT2D eigenvalue weighted by Gasteiger charge is -2.48. The fraction of sp³-hybridized carbons (Fsp3) is 0.629. The van der Waals surface area contributed by atoms with Crippen LogP contribution in [0.3, 0.4) is 0 Å². The molecule has 1 aliphatic carbocycles. The maximum absolute atomic E-state index is 12.9. The van der Waals surface area contributed by atoms with Gasteiger partial charge < -0.3 is 18.7 Å². The van der Waals surface area contributed by atoms with Crippen LogP contribution in [0, 0.1) is 18.8 Å². The molecule has 1 saturated carbocycles. The van der Waals surface area contributed by atoms with Crippen LogP contribution in [0.1, 0.15) is 79.2 Å². The Morgan fingerprint density at radius 3 is 2.16 bits per heavy atom. The van der Waals surface area contributed by atoms with Gasteiger partial charge in [-0.3, -0.25) is 4.79 Å². The minimum Gasteiger partial charge on any atom is -0.493 e. The largest absolute Gasteiger partial charge is 0.493 e. The van der Waals surface area contributed by atoms with Crippen molar-refractivity contribution in [1.82, 2.24) is 0 Å². The minimum atomic E-state index is -2.51. The number of hydrogen-bond donors (Lipinski definition) is 1. The van der Waals surface area contributed by atoms with Crippen LogP contribution in [-0.2, 0) is 18.4 Å². The summed E-state index contributed by atoms with van der Waals surface area (Å²) in [4.78, 5) is 25.6. The van der Waals surface area contributed by atoms with Crippen LogP contribution < -0.4 is 4.74 Å². The molecular weight excluding hydrogens is 573 g/mol. The van der Waals surface area contributed by atoms with E-state index in [1.807, 2.05) is 63.5 Å². The van der Waals surface area contributed by atoms with Gasteiger partial charge in [-0.15, -0.1) is 5.73 Å². The lowest BCUT2D eigenvalue weighted by molar-refractivity contribution is -0.191. The highest BCUT2D eigenvalue weighted by molar-refractivity contribution is 6.75. The molecule has 43 heavy (non-hydrogen) atoms. The fourth-order valence-corrected chi connectivity index (χ4v) is 7.34. The van der Waals surface area contributed by atoms with Crippen molar-refractivity contribution in [2.24, 2.45) is 11.8 Å². The predicted molar refractivity (Wildman–Crippen MR) is 180 cm³/mol. The SMILES string of the molecule is Cc1cccc(OCC/C=C/[C@H]2CCC(=O)[C@@H]2CC=C=CCC(O[Si](C)(C)C(C)(C)C)(O[Si](C)(C)C(C)(C)C)C(=O)O)c1. The van der Waals surface area contributed by atoms with E-state index in [9.17, 15) is 14.7 Å². The zero-order chi connectivity index (χ0) is 32.7. The summed E-state index contributed by atoms with van der Waals surface area (Å²) in [7, 11) is -5.03. The van der Waals surface area contributed by atoms with Crippen LogP contribution in [0.15, 0.2) is 54.3 Å². The normalized spacial score (nSPS) is 18.5. The van der Waals surface area contributed by atoms with E-state index in [1.165, 1.54) is 5.56 Å². The number of carboxylic acids is 1. The third kappa shape index (κ3) is 10.4. The Morgan fingerprint density at radius 2 is 1.63 bits per heavy atom. The third-order valence-corrected chi connectivity index (χ3v) is 18.2. The predicted octanol–water partition coefficient (Wildman–Crippen LogP) is 9.23. The first-order valence-corrected chi connectivity index (χ1v) is 21.4. The van der Waals surface area contributed by atoms with Crippen molar-refractivity contribution >= 4 is 28.4 Å². The number of benzene rings is 1. The van der Waals surface area contributed by atoms with Crippen molar-refractivity contribution in [2.75, 3.05) is 6.61 Å². The molecule has 0 aromatic heterocycles. The molecule has 6 nitrogen and oxygen atoms in total. The molecule has 1 aromatic rings. The van der Waals surface area contributed by atoms with Crippen molar-refractivity contribution in [3.05, 3.63) is 59.9 Å². The van der Waals surface area contributed by atoms with Crippen LogP contribution in [0.4, 0.5) is 0 Å². The fourth-order valence-electron chi connectivity index (χ4n) is 4.57. The van der Waals surface area contributed by atoms with Gasteiger partial charge in [0.2, 0.25) is 0 Å². The Bertz CT molecular complexity index is 1170. The molecule has 240 valence electrons. The first kappa shape index (κ1) is 37.0. The highest BCUT2D eigenvalue weighted by Gasteiger charge is 2.54. The standard InChI is InChI=1S/C35H56O6Si2/c1-27-18-17-20-29(26-27)39-25-16-14-19-28-22-23-31(36)30(28)21-13-12-15-24-35(32(37)38,40-42(8,9)33(2,3)4)41-43(10,11)34(5,6)7/h13-15,17-20,26,28,30H,16,21-25H2,1-11H3,(H,37,38)/b19-14+/t12?,28-,30+/m0/s1. The second-order valence-corrected chi connectivity index (χ2v) is 24.4. The number of carboxylic acid groups (broad SMARTS) is 1. The van der Waals surface area contributed by atoms with Gasteiger partial charge in [0.25, 0.3) is 5.79 Å². The molecule has 1 N–H and O–H groups in total. The summed E-state index contributed by atoms with van der Waals surface area (Å²) in [6.45, 7) is 23.4. The van der Waals surface area contributed by atoms with E-state index >= 15 is 0 Å². The Balaban J connectivity index is 2.14. The van der Waals surface area contributed by atoms with Crippen LogP contribution in [0.5, 0.6) is 5.75 Å². The highest BCUT2D eigenvalue weighted by atomic mass is 28.4. The van der Waals surface area contributed by atoms with Gasteiger partial charge in [0, 0.05) is 18.8 Å². The molecule has 0 saturated heterocycles. The van der Waals surface area contributed by atoms with Crippen LogP contribution >= 0.6 is 0 Å². The summed E-state index contributed by atoms with van der Waals surface area (Å²) in [6, 6.07) is 8.01. The van der Waals surface area contributed by atoms with E-state index in [4.69, 9.17) is 13.6 Å². The molecule has 2 atom stereocenters. The van der Waals surface area contributed by atoms with Gasteiger partial charge in [-0.2, -0.15) is 0 Å². The molecule has 0 heterocycles. The molecule has 0 aliphatic heterocycles. The lowest BCUT2D eigenvalue weighted by atomic mass is 9.91. The molecule has 1 aliphatic rings. The summed E-state index contributed by atoms with van der Waals surface area (Å²) in [5.74, 6) is -1.66. The van der Waals surface area contributed by atoms with Gasteiger partial charge in [-0.25, -0.2) is 4.79 Å². The number of ether oxygens (including phenoxy) is 1. The van der Waals surface area contributed by atoms with Gasteiger partial charge >= 0.3 is 5.97 Å². The Labute approximate surface area is 262 Å². The summed E-state index contributed by atoms with van der Waals surface area (Å²) in [5.41, 5.74) is 4.34. The number of hydrogen-bond acceptors (Lipinski definition) is 5. The van der Waals surface area contributed by atoms with E-state index in [1.54, 1.807) is 6.08 Å². The number of carbonyl (C=O) groups excluding carboxylic acids is 1. The van der Waals surface area contributed by atoms with Crippen LogP contribution in [-0.4, -0.2) is 45.9 Å². The van der Waals surface area contributed by atoms with E-state index in [0.29, 0.717) is 19.4 Å². The second-order valence-electron chi connectivity index (χ2n) is 15.0. The lowest BCUT2D eigenvalue weighted by Crippen LogP contribution is -2.60. The quantitative estimate of drug-likeness (QED) is 0.0727. The Hall–Kier alpha value is -2.23. The average molecular weight is 629 g/mol. The maximum Gasteiger partial charge on any atom is 0.362 e. The summed E-state index contributed by atoms with van der Waals surface area (Å²) < 4.78 is 19.0. The highest BCUT2D eigenvalue weighted by Crippen LogP contribution is 2.45. The van der Waals surface area contributed by atoms with Crippen molar-refractivity contribution in [2.45, 2.75) is 123 Å². The molecule has 0 unspecified atom stereocenters. The molecule has 2 rings (SSSR count). The van der Waals surface area contributed by atoms with Gasteiger partial charge in [0.1, 0.15) is 11.5 Å². The zero-order valence-electron chi connectivity index (χ0n) is 28.5. The number of carbonyl (C=O) groups is 2. The number of allylic oxidation sites excluding steroid dienone is 1. The summed E-state index contributed by atoms with van der Waals surface area (Å²) in [6.07, 6.45) is 10.7. The number of Topliss-reactive ketones (excluding diaryl/α,β-unsaturated/α-hetero) is 1. The topological polar surface area (TPSA) is 82.1 Å². The first-order valence-electron chi connectivity index (χ1n) is 15.6. The first-order chi connectivity index (χ1) is 19.7. The summed E-state index contributed by atoms with van der Waals surface area (Å²) >= 11 is 0. The average Bonchev–Trinajstić information content (AvgIpc) is 3.20. The molecule has 0 amide bonds. The monoisotopic (exact) mass is 628 g/mol. The van der Waals surface area contributed by atoms with Gasteiger partial charge in [-0.1, -0.05) is 65.8 Å². The van der Waals surface area contributed by atoms with Crippen LogP contribution in [0.2, 0.25) is 36.3 Å². The number of aryl methyl sites for hydroxylation is 1. The molecule has 1 fully saturated rings. The molecular formula is C35H56O6Si2. The minimum absolute atomic E-state index is 0.0424. The van der Waals surface area contributed by atoms with Crippen molar-refractivity contribution in [1.29, 1.82) is 0 Å². The molecule has 0 radical (unpaired) electrons. The van der Waals surface area contributed by atoms with Crippen molar-refractivity contribution < 1.29 is 28.3 Å². The van der Waals surface area contributed by atoms with E-state index in [-0.39, 0.29) is 34.1 Å². The van der Waals surface area contributed by atoms with Gasteiger partial charge in [0.15, 0.2) is 16.6 Å². The second kappa shape index (κ2) is 14.7. The number of aliphatic carboxylic acids is 1.